The lowest BCUT2D eigenvalue weighted by Gasteiger charge is -2.17. The van der Waals surface area contributed by atoms with Crippen molar-refractivity contribution in [3.63, 3.8) is 0 Å². The Morgan fingerprint density at radius 2 is 2.11 bits per heavy atom. The van der Waals surface area contributed by atoms with E-state index in [0.717, 1.165) is 12.1 Å². The van der Waals surface area contributed by atoms with Crippen LogP contribution < -0.4 is 4.74 Å². The minimum atomic E-state index is -0.343. The van der Waals surface area contributed by atoms with E-state index in [2.05, 4.69) is 4.98 Å². The molecule has 1 heterocycles. The van der Waals surface area contributed by atoms with Crippen LogP contribution in [0.4, 0.5) is 4.79 Å². The highest BCUT2D eigenvalue weighted by Crippen LogP contribution is 2.17. The minimum Gasteiger partial charge on any atom is -0.408 e. The molecule has 18 heavy (non-hydrogen) atoms. The monoisotopic (exact) mass is 251 g/mol. The lowest BCUT2D eigenvalue weighted by Crippen LogP contribution is -2.30. The van der Waals surface area contributed by atoms with Crippen molar-refractivity contribution in [1.29, 1.82) is 0 Å². The Balaban J connectivity index is 2.74. The standard InChI is InChI=1S/C13H21N3O2/c1-5-9-16(4)13(17)18-12-7-6-8-14-11(12)10-15(2)3/h6-8H,5,9-10H2,1-4H3. The van der Waals surface area contributed by atoms with Crippen LogP contribution in [-0.2, 0) is 6.54 Å². The summed E-state index contributed by atoms with van der Waals surface area (Å²) in [6, 6.07) is 3.53. The Labute approximate surface area is 108 Å². The van der Waals surface area contributed by atoms with E-state index in [4.69, 9.17) is 4.74 Å². The second kappa shape index (κ2) is 6.96. The van der Waals surface area contributed by atoms with Crippen molar-refractivity contribution >= 4 is 6.09 Å². The van der Waals surface area contributed by atoms with Crippen molar-refractivity contribution in [2.75, 3.05) is 27.7 Å². The van der Waals surface area contributed by atoms with Crippen LogP contribution in [0.2, 0.25) is 0 Å². The third-order valence-corrected chi connectivity index (χ3v) is 2.38. The number of pyridine rings is 1. The van der Waals surface area contributed by atoms with Crippen molar-refractivity contribution < 1.29 is 9.53 Å². The summed E-state index contributed by atoms with van der Waals surface area (Å²) >= 11 is 0. The van der Waals surface area contributed by atoms with E-state index in [1.807, 2.05) is 25.9 Å². The molecule has 0 saturated carbocycles. The van der Waals surface area contributed by atoms with Gasteiger partial charge in [0.2, 0.25) is 0 Å². The molecule has 5 heteroatoms. The Kier molecular flexibility index (Phi) is 5.58. The third-order valence-electron chi connectivity index (χ3n) is 2.38. The third kappa shape index (κ3) is 4.33. The number of aromatic nitrogens is 1. The van der Waals surface area contributed by atoms with E-state index in [0.29, 0.717) is 18.8 Å². The summed E-state index contributed by atoms with van der Waals surface area (Å²) in [5.74, 6) is 0.527. The van der Waals surface area contributed by atoms with Crippen LogP contribution >= 0.6 is 0 Å². The molecule has 0 bridgehead atoms. The molecule has 0 fully saturated rings. The lowest BCUT2D eigenvalue weighted by molar-refractivity contribution is 0.162. The molecule has 0 radical (unpaired) electrons. The minimum absolute atomic E-state index is 0.343. The first-order valence-electron chi connectivity index (χ1n) is 6.06. The summed E-state index contributed by atoms with van der Waals surface area (Å²) in [5.41, 5.74) is 0.765. The summed E-state index contributed by atoms with van der Waals surface area (Å²) in [6.45, 7) is 3.34. The zero-order valence-electron chi connectivity index (χ0n) is 11.5. The molecule has 1 aromatic heterocycles. The molecule has 0 aromatic carbocycles. The Hall–Kier alpha value is -1.62. The Bertz CT molecular complexity index is 394. The molecule has 100 valence electrons. The lowest BCUT2D eigenvalue weighted by atomic mass is 10.3. The molecule has 0 spiro atoms. The smallest absolute Gasteiger partial charge is 0.408 e. The number of amides is 1. The molecular weight excluding hydrogens is 230 g/mol. The SMILES string of the molecule is CCCN(C)C(=O)Oc1cccnc1CN(C)C. The maximum Gasteiger partial charge on any atom is 0.415 e. The highest BCUT2D eigenvalue weighted by molar-refractivity contribution is 5.70. The zero-order valence-corrected chi connectivity index (χ0v) is 11.5. The predicted octanol–water partition coefficient (Wildman–Crippen LogP) is 1.98. The molecule has 0 N–H and O–H groups in total. The van der Waals surface area contributed by atoms with Gasteiger partial charge in [-0.1, -0.05) is 6.92 Å². The molecule has 5 nitrogen and oxygen atoms in total. The normalized spacial score (nSPS) is 10.5. The van der Waals surface area contributed by atoms with Crippen LogP contribution in [0.1, 0.15) is 19.0 Å². The quantitative estimate of drug-likeness (QED) is 0.802. The van der Waals surface area contributed by atoms with E-state index < -0.39 is 0 Å². The maximum absolute atomic E-state index is 11.8. The largest absolute Gasteiger partial charge is 0.415 e. The van der Waals surface area contributed by atoms with Crippen LogP contribution in [0.15, 0.2) is 18.3 Å². The number of carbonyl (C=O) groups is 1. The number of hydrogen-bond donors (Lipinski definition) is 0. The van der Waals surface area contributed by atoms with Gasteiger partial charge in [-0.3, -0.25) is 4.98 Å². The molecule has 1 amide bonds. The fourth-order valence-electron chi connectivity index (χ4n) is 1.53. The van der Waals surface area contributed by atoms with E-state index in [-0.39, 0.29) is 6.09 Å². The topological polar surface area (TPSA) is 45.7 Å². The van der Waals surface area contributed by atoms with Gasteiger partial charge in [-0.15, -0.1) is 0 Å². The van der Waals surface area contributed by atoms with Gasteiger partial charge < -0.3 is 14.5 Å². The van der Waals surface area contributed by atoms with Crippen LogP contribution in [0, 0.1) is 0 Å². The van der Waals surface area contributed by atoms with Gasteiger partial charge >= 0.3 is 6.09 Å². The van der Waals surface area contributed by atoms with Crippen LogP contribution in [0.5, 0.6) is 5.75 Å². The summed E-state index contributed by atoms with van der Waals surface area (Å²) in [7, 11) is 5.63. The highest BCUT2D eigenvalue weighted by Gasteiger charge is 2.13. The van der Waals surface area contributed by atoms with E-state index in [9.17, 15) is 4.79 Å². The van der Waals surface area contributed by atoms with Crippen molar-refractivity contribution in [1.82, 2.24) is 14.8 Å². The van der Waals surface area contributed by atoms with Gasteiger partial charge in [-0.2, -0.15) is 0 Å². The number of rotatable bonds is 5. The number of carbonyl (C=O) groups excluding carboxylic acids is 1. The first-order chi connectivity index (χ1) is 8.54. The highest BCUT2D eigenvalue weighted by atomic mass is 16.6. The average Bonchev–Trinajstić information content (AvgIpc) is 2.31. The first kappa shape index (κ1) is 14.4. The van der Waals surface area contributed by atoms with Crippen molar-refractivity contribution in [3.05, 3.63) is 24.0 Å². The van der Waals surface area contributed by atoms with E-state index in [1.54, 1.807) is 30.3 Å². The van der Waals surface area contributed by atoms with Gasteiger partial charge in [-0.25, -0.2) is 4.79 Å². The average molecular weight is 251 g/mol. The summed E-state index contributed by atoms with van der Waals surface area (Å²) in [4.78, 5) is 19.6. The second-order valence-corrected chi connectivity index (χ2v) is 4.48. The molecule has 0 aliphatic carbocycles. The molecule has 0 saturated heterocycles. The fourth-order valence-corrected chi connectivity index (χ4v) is 1.53. The maximum atomic E-state index is 11.8. The molecule has 0 unspecified atom stereocenters. The molecule has 0 atom stereocenters. The van der Waals surface area contributed by atoms with E-state index in [1.165, 1.54) is 0 Å². The van der Waals surface area contributed by atoms with Gasteiger partial charge in [-0.05, 0) is 32.6 Å². The number of ether oxygens (including phenoxy) is 1. The van der Waals surface area contributed by atoms with Gasteiger partial charge in [0.15, 0.2) is 5.75 Å². The summed E-state index contributed by atoms with van der Waals surface area (Å²) in [5, 5.41) is 0. The van der Waals surface area contributed by atoms with Crippen molar-refractivity contribution in [2.45, 2.75) is 19.9 Å². The molecule has 1 rings (SSSR count). The van der Waals surface area contributed by atoms with Crippen LogP contribution in [0.25, 0.3) is 0 Å². The summed E-state index contributed by atoms with van der Waals surface area (Å²) < 4.78 is 5.36. The number of nitrogens with zero attached hydrogens (tertiary/aromatic N) is 3. The molecule has 0 aliphatic heterocycles. The number of hydrogen-bond acceptors (Lipinski definition) is 4. The molecular formula is C13H21N3O2. The van der Waals surface area contributed by atoms with Gasteiger partial charge in [0, 0.05) is 26.3 Å². The molecule has 0 aliphatic rings. The van der Waals surface area contributed by atoms with Crippen LogP contribution in [0.3, 0.4) is 0 Å². The first-order valence-corrected chi connectivity index (χ1v) is 6.06. The molecule has 1 aromatic rings. The van der Waals surface area contributed by atoms with Crippen molar-refractivity contribution in [3.8, 4) is 5.75 Å². The van der Waals surface area contributed by atoms with Crippen LogP contribution in [-0.4, -0.2) is 48.6 Å². The summed E-state index contributed by atoms with van der Waals surface area (Å²) in [6.07, 6.45) is 2.26. The van der Waals surface area contributed by atoms with Gasteiger partial charge in [0.1, 0.15) is 0 Å². The van der Waals surface area contributed by atoms with E-state index >= 15 is 0 Å². The van der Waals surface area contributed by atoms with Gasteiger partial charge in [0.05, 0.1) is 5.69 Å². The Morgan fingerprint density at radius 3 is 2.72 bits per heavy atom. The fraction of sp³-hybridized carbons (Fsp3) is 0.538. The van der Waals surface area contributed by atoms with Gasteiger partial charge in [0.25, 0.3) is 0 Å². The second-order valence-electron chi connectivity index (χ2n) is 4.48. The Morgan fingerprint density at radius 1 is 1.39 bits per heavy atom. The van der Waals surface area contributed by atoms with Crippen molar-refractivity contribution in [2.24, 2.45) is 0 Å². The predicted molar refractivity (Wildman–Crippen MR) is 70.6 cm³/mol. The zero-order chi connectivity index (χ0) is 13.5.